The highest BCUT2D eigenvalue weighted by Gasteiger charge is 2.29. The van der Waals surface area contributed by atoms with E-state index in [1.54, 1.807) is 17.5 Å². The third-order valence-corrected chi connectivity index (χ3v) is 8.88. The predicted octanol–water partition coefficient (Wildman–Crippen LogP) is 2.90. The third kappa shape index (κ3) is 4.06. The predicted molar refractivity (Wildman–Crippen MR) is 133 cm³/mol. The van der Waals surface area contributed by atoms with Crippen LogP contribution in [0.5, 0.6) is 0 Å². The number of rotatable bonds is 6. The maximum Gasteiger partial charge on any atom is 0.333 e. The Morgan fingerprint density at radius 1 is 1.11 bits per heavy atom. The maximum absolute atomic E-state index is 13.6. The first-order chi connectivity index (χ1) is 16.8. The average Bonchev–Trinajstić information content (AvgIpc) is 3.25. The molecule has 0 radical (unpaired) electrons. The number of aromatic amines is 1. The molecule has 35 heavy (non-hydrogen) atoms. The summed E-state index contributed by atoms with van der Waals surface area (Å²) in [6.07, 6.45) is 1.47. The first kappa shape index (κ1) is 23.1. The zero-order valence-corrected chi connectivity index (χ0v) is 20.1. The number of fused-ring (bicyclic) bond motifs is 2. The number of nitrogens with one attached hydrogen (secondary N) is 1. The highest BCUT2D eigenvalue weighted by Crippen LogP contribution is 2.32. The first-order valence-corrected chi connectivity index (χ1v) is 13.3. The number of carboxylic acids is 1. The quantitative estimate of drug-likeness (QED) is 0.410. The van der Waals surface area contributed by atoms with Gasteiger partial charge < -0.3 is 10.1 Å². The summed E-state index contributed by atoms with van der Waals surface area (Å²) >= 11 is 1.20. The van der Waals surface area contributed by atoms with Gasteiger partial charge in [0.25, 0.3) is 15.6 Å². The molecule has 0 unspecified atom stereocenters. The van der Waals surface area contributed by atoms with Gasteiger partial charge in [-0.3, -0.25) is 13.9 Å². The van der Waals surface area contributed by atoms with Crippen LogP contribution in [0.2, 0.25) is 0 Å². The molecule has 3 heterocycles. The van der Waals surface area contributed by atoms with Crippen molar-refractivity contribution in [3.05, 3.63) is 85.2 Å². The van der Waals surface area contributed by atoms with E-state index in [0.717, 1.165) is 16.6 Å². The minimum atomic E-state index is -3.95. The van der Waals surface area contributed by atoms with E-state index in [0.29, 0.717) is 29.0 Å². The van der Waals surface area contributed by atoms with E-state index in [1.165, 1.54) is 39.9 Å². The van der Waals surface area contributed by atoms with Crippen LogP contribution in [-0.4, -0.2) is 35.6 Å². The minimum Gasteiger partial charge on any atom is -0.481 e. The van der Waals surface area contributed by atoms with E-state index in [-0.39, 0.29) is 28.8 Å². The number of H-pyrrole nitrogens is 1. The molecule has 0 spiro atoms. The van der Waals surface area contributed by atoms with Crippen LogP contribution in [0.25, 0.3) is 16.6 Å². The summed E-state index contributed by atoms with van der Waals surface area (Å²) in [6, 6.07) is 13.1. The Morgan fingerprint density at radius 2 is 1.91 bits per heavy atom. The minimum absolute atomic E-state index is 0.0329. The fraction of sp³-hybridized carbons (Fsp3) is 0.208. The van der Waals surface area contributed by atoms with Crippen LogP contribution in [0.4, 0.5) is 5.69 Å². The van der Waals surface area contributed by atoms with E-state index in [4.69, 9.17) is 5.11 Å². The van der Waals surface area contributed by atoms with Gasteiger partial charge in [-0.25, -0.2) is 17.8 Å². The van der Waals surface area contributed by atoms with Gasteiger partial charge in [-0.2, -0.15) is 0 Å². The molecular weight excluding hydrogens is 490 g/mol. The van der Waals surface area contributed by atoms with Gasteiger partial charge in [0.05, 0.1) is 33.6 Å². The molecule has 0 fully saturated rings. The van der Waals surface area contributed by atoms with Crippen LogP contribution in [0.3, 0.4) is 0 Å². The maximum atomic E-state index is 13.6. The SMILES string of the molecule is O=C(O)CCc1scc2[nH]c(=O)n(-c3cccc(S(=O)(=O)N4CCCc5ccccc54)c3)c(=O)c12. The molecule has 0 aliphatic carbocycles. The summed E-state index contributed by atoms with van der Waals surface area (Å²) in [5.74, 6) is -0.992. The zero-order valence-electron chi connectivity index (χ0n) is 18.4. The Labute approximate surface area is 204 Å². The Hall–Kier alpha value is -3.70. The lowest BCUT2D eigenvalue weighted by atomic mass is 10.0. The molecule has 1 aliphatic rings. The smallest absolute Gasteiger partial charge is 0.333 e. The number of aromatic nitrogens is 2. The Morgan fingerprint density at radius 3 is 2.71 bits per heavy atom. The number of carbonyl (C=O) groups is 1. The molecular formula is C24H21N3O6S2. The van der Waals surface area contributed by atoms with Gasteiger partial charge in [0.2, 0.25) is 0 Å². The summed E-state index contributed by atoms with van der Waals surface area (Å²) in [7, 11) is -3.95. The highest BCUT2D eigenvalue weighted by molar-refractivity contribution is 7.92. The molecule has 180 valence electrons. The molecule has 11 heteroatoms. The van der Waals surface area contributed by atoms with Crippen molar-refractivity contribution in [1.29, 1.82) is 0 Å². The summed E-state index contributed by atoms with van der Waals surface area (Å²) in [5, 5.41) is 10.8. The molecule has 4 aromatic rings. The van der Waals surface area contributed by atoms with E-state index >= 15 is 0 Å². The molecule has 1 aliphatic heterocycles. The van der Waals surface area contributed by atoms with E-state index in [2.05, 4.69) is 4.98 Å². The van der Waals surface area contributed by atoms with Crippen molar-refractivity contribution >= 4 is 43.9 Å². The van der Waals surface area contributed by atoms with Crippen molar-refractivity contribution in [2.24, 2.45) is 0 Å². The fourth-order valence-electron chi connectivity index (χ4n) is 4.40. The molecule has 0 saturated heterocycles. The zero-order chi connectivity index (χ0) is 24.7. The lowest BCUT2D eigenvalue weighted by Crippen LogP contribution is -2.36. The standard InChI is InChI=1S/C24H21N3O6S2/c28-21(29)11-10-20-22-18(14-34-20)25-24(31)27(23(22)30)16-7-3-8-17(13-16)35(32,33)26-12-4-6-15-5-1-2-9-19(15)26/h1-3,5,7-9,13-14H,4,6,10-12H2,(H,25,31)(H,28,29). The second kappa shape index (κ2) is 8.82. The van der Waals surface area contributed by atoms with Crippen molar-refractivity contribution in [3.63, 3.8) is 0 Å². The lowest BCUT2D eigenvalue weighted by molar-refractivity contribution is -0.136. The number of carboxylic acid groups (broad SMARTS) is 1. The van der Waals surface area contributed by atoms with Gasteiger partial charge in [0.15, 0.2) is 0 Å². The summed E-state index contributed by atoms with van der Waals surface area (Å²) < 4.78 is 29.4. The molecule has 2 aromatic heterocycles. The first-order valence-electron chi connectivity index (χ1n) is 11.0. The number of aryl methyl sites for hydroxylation is 2. The highest BCUT2D eigenvalue weighted by atomic mass is 32.2. The largest absolute Gasteiger partial charge is 0.481 e. The summed E-state index contributed by atoms with van der Waals surface area (Å²) in [6.45, 7) is 0.331. The molecule has 2 N–H and O–H groups in total. The topological polar surface area (TPSA) is 130 Å². The van der Waals surface area contributed by atoms with Crippen molar-refractivity contribution in [2.45, 2.75) is 30.6 Å². The second-order valence-electron chi connectivity index (χ2n) is 8.22. The van der Waals surface area contributed by atoms with Gasteiger partial charge in [0.1, 0.15) is 0 Å². The molecule has 0 amide bonds. The fourth-order valence-corrected chi connectivity index (χ4v) is 6.95. The number of hydrogen-bond acceptors (Lipinski definition) is 6. The summed E-state index contributed by atoms with van der Waals surface area (Å²) in [5.41, 5.74) is 0.686. The van der Waals surface area contributed by atoms with Crippen molar-refractivity contribution in [2.75, 3.05) is 10.8 Å². The number of para-hydroxylation sites is 1. The Balaban J connectivity index is 1.61. The van der Waals surface area contributed by atoms with Gasteiger partial charge in [0, 0.05) is 16.8 Å². The molecule has 9 nitrogen and oxygen atoms in total. The molecule has 5 rings (SSSR count). The monoisotopic (exact) mass is 511 g/mol. The Bertz CT molecular complexity index is 1680. The van der Waals surface area contributed by atoms with E-state index in [1.807, 2.05) is 12.1 Å². The van der Waals surface area contributed by atoms with Gasteiger partial charge >= 0.3 is 11.7 Å². The number of hydrogen-bond donors (Lipinski definition) is 2. The average molecular weight is 512 g/mol. The number of sulfonamides is 1. The van der Waals surface area contributed by atoms with Crippen molar-refractivity contribution < 1.29 is 18.3 Å². The van der Waals surface area contributed by atoms with E-state index < -0.39 is 27.2 Å². The molecule has 0 bridgehead atoms. The van der Waals surface area contributed by atoms with Crippen molar-refractivity contribution in [3.8, 4) is 5.69 Å². The number of nitrogens with zero attached hydrogens (tertiary/aromatic N) is 2. The molecule has 0 atom stereocenters. The molecule has 0 saturated carbocycles. The van der Waals surface area contributed by atoms with Crippen molar-refractivity contribution in [1.82, 2.24) is 9.55 Å². The van der Waals surface area contributed by atoms with Crippen LogP contribution in [0, 0.1) is 0 Å². The lowest BCUT2D eigenvalue weighted by Gasteiger charge is -2.30. The van der Waals surface area contributed by atoms with Crippen LogP contribution in [0.15, 0.2) is 68.4 Å². The van der Waals surface area contributed by atoms with Crippen LogP contribution in [0.1, 0.15) is 23.3 Å². The number of aliphatic carboxylic acids is 1. The van der Waals surface area contributed by atoms with Crippen LogP contribution < -0.4 is 15.6 Å². The van der Waals surface area contributed by atoms with E-state index in [9.17, 15) is 22.8 Å². The number of benzene rings is 2. The van der Waals surface area contributed by atoms with Gasteiger partial charge in [-0.05, 0) is 49.1 Å². The molecule has 2 aromatic carbocycles. The number of anilines is 1. The van der Waals surface area contributed by atoms with Gasteiger partial charge in [-0.1, -0.05) is 24.3 Å². The second-order valence-corrected chi connectivity index (χ2v) is 11.0. The normalized spacial score (nSPS) is 13.7. The third-order valence-electron chi connectivity index (χ3n) is 6.03. The Kier molecular flexibility index (Phi) is 5.81. The van der Waals surface area contributed by atoms with Crippen LogP contribution >= 0.6 is 11.3 Å². The van der Waals surface area contributed by atoms with Crippen LogP contribution in [-0.2, 0) is 27.7 Å². The number of thiophene rings is 1. The van der Waals surface area contributed by atoms with Gasteiger partial charge in [-0.15, -0.1) is 11.3 Å². The summed E-state index contributed by atoms with van der Waals surface area (Å²) in [4.78, 5) is 40.3.